The molecule has 124 valence electrons. The largest absolute Gasteiger partial charge is 0.467 e. The van der Waals surface area contributed by atoms with Gasteiger partial charge in [0, 0.05) is 5.56 Å². The summed E-state index contributed by atoms with van der Waals surface area (Å²) in [5.74, 6) is 0.518. The Morgan fingerprint density at radius 1 is 1.22 bits per heavy atom. The molecule has 1 aromatic heterocycles. The molecule has 0 spiro atoms. The van der Waals surface area contributed by atoms with Gasteiger partial charge in [0.2, 0.25) is 0 Å². The third-order valence-electron chi connectivity index (χ3n) is 3.29. The van der Waals surface area contributed by atoms with Gasteiger partial charge in [-0.2, -0.15) is 13.2 Å². The molecule has 1 unspecified atom stereocenters. The van der Waals surface area contributed by atoms with E-state index in [-0.39, 0.29) is 12.5 Å². The molecule has 0 aliphatic rings. The number of carbonyl (C=O) groups is 1. The number of halogens is 3. The number of likely N-dealkylation sites (N-methyl/N-ethyl adjacent to an activating group) is 1. The maximum absolute atomic E-state index is 12.5. The van der Waals surface area contributed by atoms with Crippen LogP contribution in [0.3, 0.4) is 0 Å². The summed E-state index contributed by atoms with van der Waals surface area (Å²) in [5, 5.41) is 2.73. The number of hydrogen-bond donors (Lipinski definition) is 2. The van der Waals surface area contributed by atoms with Crippen LogP contribution in [0.25, 0.3) is 0 Å². The first-order chi connectivity index (χ1) is 10.8. The summed E-state index contributed by atoms with van der Waals surface area (Å²) in [6.07, 6.45) is -2.80. The lowest BCUT2D eigenvalue weighted by Gasteiger charge is -2.14. The molecule has 1 heterocycles. The zero-order valence-corrected chi connectivity index (χ0v) is 12.6. The fourth-order valence-electron chi connectivity index (χ4n) is 2.16. The van der Waals surface area contributed by atoms with E-state index in [0.29, 0.717) is 18.8 Å². The second-order valence-electron chi connectivity index (χ2n) is 5.36. The first-order valence-corrected chi connectivity index (χ1v) is 7.11. The second kappa shape index (κ2) is 7.32. The van der Waals surface area contributed by atoms with Crippen molar-refractivity contribution in [2.24, 2.45) is 0 Å². The predicted octanol–water partition coefficient (Wildman–Crippen LogP) is 1.63. The van der Waals surface area contributed by atoms with Crippen molar-refractivity contribution in [3.05, 3.63) is 59.5 Å². The van der Waals surface area contributed by atoms with Crippen molar-refractivity contribution < 1.29 is 27.3 Å². The molecule has 1 amide bonds. The quantitative estimate of drug-likeness (QED) is 0.847. The SMILES string of the molecule is C[NH+](CC(=O)NCc1ccco1)Cc1ccc(C(F)(F)F)cc1. The lowest BCUT2D eigenvalue weighted by Crippen LogP contribution is -3.08. The standard InChI is InChI=1S/C16H17F3N2O2/c1-21(11-15(22)20-9-14-3-2-8-23-14)10-12-4-6-13(7-5-12)16(17,18)19/h2-8H,9-11H2,1H3,(H,20,22)/p+1. The van der Waals surface area contributed by atoms with Crippen LogP contribution < -0.4 is 10.2 Å². The minimum atomic E-state index is -4.33. The van der Waals surface area contributed by atoms with Gasteiger partial charge in [-0.15, -0.1) is 0 Å². The number of benzene rings is 1. The monoisotopic (exact) mass is 327 g/mol. The molecule has 2 aromatic rings. The molecule has 2 N–H and O–H groups in total. The van der Waals surface area contributed by atoms with Crippen LogP contribution in [-0.4, -0.2) is 19.5 Å². The highest BCUT2D eigenvalue weighted by molar-refractivity contribution is 5.76. The van der Waals surface area contributed by atoms with Crippen molar-refractivity contribution in [1.29, 1.82) is 0 Å². The van der Waals surface area contributed by atoms with E-state index in [1.807, 2.05) is 7.05 Å². The Bertz CT molecular complexity index is 622. The van der Waals surface area contributed by atoms with Crippen molar-refractivity contribution in [2.75, 3.05) is 13.6 Å². The summed E-state index contributed by atoms with van der Waals surface area (Å²) in [4.78, 5) is 12.7. The maximum Gasteiger partial charge on any atom is 0.416 e. The van der Waals surface area contributed by atoms with E-state index >= 15 is 0 Å². The molecule has 1 atom stereocenters. The maximum atomic E-state index is 12.5. The molecule has 0 fully saturated rings. The molecule has 0 bridgehead atoms. The summed E-state index contributed by atoms with van der Waals surface area (Å²) < 4.78 is 42.6. The van der Waals surface area contributed by atoms with Gasteiger partial charge in [-0.25, -0.2) is 0 Å². The van der Waals surface area contributed by atoms with Crippen molar-refractivity contribution in [3.8, 4) is 0 Å². The van der Waals surface area contributed by atoms with E-state index in [1.54, 1.807) is 12.1 Å². The van der Waals surface area contributed by atoms with Gasteiger partial charge in [-0.1, -0.05) is 12.1 Å². The molecule has 7 heteroatoms. The van der Waals surface area contributed by atoms with Gasteiger partial charge in [0.25, 0.3) is 5.91 Å². The molecule has 0 radical (unpaired) electrons. The fraction of sp³-hybridized carbons (Fsp3) is 0.312. The zero-order chi connectivity index (χ0) is 16.9. The number of rotatable bonds is 6. The average molecular weight is 327 g/mol. The number of nitrogens with one attached hydrogen (secondary N) is 2. The number of quaternary nitrogens is 1. The van der Waals surface area contributed by atoms with Crippen molar-refractivity contribution in [2.45, 2.75) is 19.3 Å². The van der Waals surface area contributed by atoms with E-state index in [0.717, 1.165) is 22.6 Å². The van der Waals surface area contributed by atoms with Gasteiger partial charge >= 0.3 is 6.18 Å². The molecule has 0 aliphatic heterocycles. The first-order valence-electron chi connectivity index (χ1n) is 7.11. The molecule has 0 aliphatic carbocycles. The Morgan fingerprint density at radius 2 is 1.91 bits per heavy atom. The Labute approximate surface area is 131 Å². The Morgan fingerprint density at radius 3 is 2.48 bits per heavy atom. The van der Waals surface area contributed by atoms with Crippen LogP contribution in [0.15, 0.2) is 47.1 Å². The molecule has 1 aromatic carbocycles. The van der Waals surface area contributed by atoms with E-state index in [9.17, 15) is 18.0 Å². The predicted molar refractivity (Wildman–Crippen MR) is 77.5 cm³/mol. The molecular formula is C16H18F3N2O2+. The highest BCUT2D eigenvalue weighted by atomic mass is 19.4. The van der Waals surface area contributed by atoms with Crippen LogP contribution in [0.2, 0.25) is 0 Å². The molecular weight excluding hydrogens is 309 g/mol. The van der Waals surface area contributed by atoms with Crippen molar-refractivity contribution in [1.82, 2.24) is 5.32 Å². The van der Waals surface area contributed by atoms with Crippen LogP contribution in [-0.2, 0) is 24.1 Å². The van der Waals surface area contributed by atoms with Crippen LogP contribution >= 0.6 is 0 Å². The summed E-state index contributed by atoms with van der Waals surface area (Å²) in [7, 11) is 1.81. The van der Waals surface area contributed by atoms with Crippen LogP contribution in [0.1, 0.15) is 16.9 Å². The molecule has 4 nitrogen and oxygen atoms in total. The highest BCUT2D eigenvalue weighted by Crippen LogP contribution is 2.28. The lowest BCUT2D eigenvalue weighted by molar-refractivity contribution is -0.885. The van der Waals surface area contributed by atoms with E-state index in [4.69, 9.17) is 4.42 Å². The molecule has 2 rings (SSSR count). The number of carbonyl (C=O) groups excluding carboxylic acids is 1. The summed E-state index contributed by atoms with van der Waals surface area (Å²) in [6.45, 7) is 1.01. The topological polar surface area (TPSA) is 46.7 Å². The van der Waals surface area contributed by atoms with E-state index in [2.05, 4.69) is 5.32 Å². The average Bonchev–Trinajstić information content (AvgIpc) is 2.98. The van der Waals surface area contributed by atoms with Crippen molar-refractivity contribution in [3.63, 3.8) is 0 Å². The number of hydrogen-bond acceptors (Lipinski definition) is 2. The number of alkyl halides is 3. The Balaban J connectivity index is 1.79. The highest BCUT2D eigenvalue weighted by Gasteiger charge is 2.30. The summed E-state index contributed by atoms with van der Waals surface area (Å²) >= 11 is 0. The van der Waals surface area contributed by atoms with Gasteiger partial charge in [0.05, 0.1) is 25.4 Å². The zero-order valence-electron chi connectivity index (χ0n) is 12.6. The number of amides is 1. The van der Waals surface area contributed by atoms with Crippen LogP contribution in [0.5, 0.6) is 0 Å². The molecule has 0 saturated heterocycles. The van der Waals surface area contributed by atoms with Gasteiger partial charge < -0.3 is 14.6 Å². The molecule has 0 saturated carbocycles. The fourth-order valence-corrected chi connectivity index (χ4v) is 2.16. The van der Waals surface area contributed by atoms with Gasteiger partial charge in [0.15, 0.2) is 6.54 Å². The Kier molecular flexibility index (Phi) is 5.44. The van der Waals surface area contributed by atoms with Crippen LogP contribution in [0, 0.1) is 0 Å². The second-order valence-corrected chi connectivity index (χ2v) is 5.36. The summed E-state index contributed by atoms with van der Waals surface area (Å²) in [5.41, 5.74) is 0.0735. The first kappa shape index (κ1) is 17.1. The minimum absolute atomic E-state index is 0.147. The van der Waals surface area contributed by atoms with Gasteiger partial charge in [-0.05, 0) is 24.3 Å². The third-order valence-corrected chi connectivity index (χ3v) is 3.29. The smallest absolute Gasteiger partial charge is 0.416 e. The normalized spacial score (nSPS) is 12.9. The van der Waals surface area contributed by atoms with E-state index < -0.39 is 11.7 Å². The molecule has 23 heavy (non-hydrogen) atoms. The van der Waals surface area contributed by atoms with Crippen LogP contribution in [0.4, 0.5) is 13.2 Å². The number of furan rings is 1. The minimum Gasteiger partial charge on any atom is -0.467 e. The van der Waals surface area contributed by atoms with Crippen molar-refractivity contribution >= 4 is 5.91 Å². The Hall–Kier alpha value is -2.28. The van der Waals surface area contributed by atoms with E-state index in [1.165, 1.54) is 18.4 Å². The van der Waals surface area contributed by atoms with Gasteiger partial charge in [-0.3, -0.25) is 4.79 Å². The van der Waals surface area contributed by atoms with Gasteiger partial charge in [0.1, 0.15) is 12.3 Å². The summed E-state index contributed by atoms with van der Waals surface area (Å²) in [6, 6.07) is 8.49. The lowest BCUT2D eigenvalue weighted by atomic mass is 10.1. The third kappa shape index (κ3) is 5.45.